The van der Waals surface area contributed by atoms with E-state index < -0.39 is 6.10 Å². The summed E-state index contributed by atoms with van der Waals surface area (Å²) < 4.78 is 0. The Morgan fingerprint density at radius 2 is 1.85 bits per heavy atom. The third kappa shape index (κ3) is 7.44. The lowest BCUT2D eigenvalue weighted by Crippen LogP contribution is -2.11. The van der Waals surface area contributed by atoms with Crippen molar-refractivity contribution < 1.29 is 5.11 Å². The van der Waals surface area contributed by atoms with Crippen LogP contribution in [0, 0.1) is 30.1 Å². The van der Waals surface area contributed by atoms with Gasteiger partial charge in [-0.2, -0.15) is 0 Å². The number of terminal acetylenes is 1. The molecule has 1 atom stereocenters. The van der Waals surface area contributed by atoms with Gasteiger partial charge in [-0.15, -0.1) is 18.3 Å². The molecule has 13 heavy (non-hydrogen) atoms. The highest BCUT2D eigenvalue weighted by Crippen LogP contribution is 2.00. The second kappa shape index (κ2) is 7.71. The first kappa shape index (κ1) is 12.1. The van der Waals surface area contributed by atoms with E-state index in [0.29, 0.717) is 0 Å². The molecule has 72 valence electrons. The van der Waals surface area contributed by atoms with Gasteiger partial charge in [-0.1, -0.05) is 19.8 Å². The van der Waals surface area contributed by atoms with Crippen LogP contribution in [0.5, 0.6) is 0 Å². The minimum atomic E-state index is -0.479. The third-order valence-electron chi connectivity index (χ3n) is 1.75. The maximum absolute atomic E-state index is 9.32. The van der Waals surface area contributed by atoms with Crippen LogP contribution in [0.1, 0.15) is 39.5 Å². The summed E-state index contributed by atoms with van der Waals surface area (Å²) in [7, 11) is 0. The zero-order valence-corrected chi connectivity index (χ0v) is 8.51. The zero-order chi connectivity index (χ0) is 10.1. The standard InChI is InChI=1S/C12H18O/c1-4-5-6-7-8-9-10-12(13)11(2)3/h1,11-13H,5-8H2,2-3H3. The molecule has 0 aliphatic carbocycles. The minimum absolute atomic E-state index is 0.221. The maximum atomic E-state index is 9.32. The van der Waals surface area contributed by atoms with Crippen LogP contribution in [0.2, 0.25) is 0 Å². The molecule has 1 N–H and O–H groups in total. The Kier molecular flexibility index (Phi) is 7.17. The first-order valence-electron chi connectivity index (χ1n) is 4.78. The summed E-state index contributed by atoms with van der Waals surface area (Å²) in [6, 6.07) is 0. The Balaban J connectivity index is 3.46. The number of hydrogen-bond acceptors (Lipinski definition) is 1. The fourth-order valence-electron chi connectivity index (χ4n) is 0.784. The summed E-state index contributed by atoms with van der Waals surface area (Å²) in [6.45, 7) is 3.91. The molecule has 0 amide bonds. The normalized spacial score (nSPS) is 11.6. The number of hydrogen-bond donors (Lipinski definition) is 1. The Hall–Kier alpha value is -0.920. The monoisotopic (exact) mass is 178 g/mol. The summed E-state index contributed by atoms with van der Waals surface area (Å²) in [5.41, 5.74) is 0. The van der Waals surface area contributed by atoms with Crippen molar-refractivity contribution in [3.63, 3.8) is 0 Å². The van der Waals surface area contributed by atoms with Crippen molar-refractivity contribution in [1.82, 2.24) is 0 Å². The smallest absolute Gasteiger partial charge is 0.117 e. The number of aliphatic hydroxyl groups is 1. The predicted molar refractivity (Wildman–Crippen MR) is 55.9 cm³/mol. The Morgan fingerprint density at radius 1 is 1.23 bits per heavy atom. The summed E-state index contributed by atoms with van der Waals surface area (Å²) in [5, 5.41) is 9.32. The zero-order valence-electron chi connectivity index (χ0n) is 8.51. The van der Waals surface area contributed by atoms with Gasteiger partial charge in [-0.3, -0.25) is 0 Å². The van der Waals surface area contributed by atoms with Crippen molar-refractivity contribution in [3.05, 3.63) is 0 Å². The van der Waals surface area contributed by atoms with E-state index >= 15 is 0 Å². The molecule has 0 fully saturated rings. The van der Waals surface area contributed by atoms with Gasteiger partial charge in [0.2, 0.25) is 0 Å². The van der Waals surface area contributed by atoms with Crippen LogP contribution in [-0.4, -0.2) is 11.2 Å². The minimum Gasteiger partial charge on any atom is -0.380 e. The predicted octanol–water partition coefficient (Wildman–Crippen LogP) is 2.20. The van der Waals surface area contributed by atoms with E-state index in [1.807, 2.05) is 13.8 Å². The molecule has 0 heterocycles. The van der Waals surface area contributed by atoms with Gasteiger partial charge in [0, 0.05) is 12.8 Å². The molecule has 0 aliphatic heterocycles. The third-order valence-corrected chi connectivity index (χ3v) is 1.75. The SMILES string of the molecule is C#CCCCCC#CC(O)C(C)C. The van der Waals surface area contributed by atoms with Crippen LogP contribution >= 0.6 is 0 Å². The van der Waals surface area contributed by atoms with Crippen LogP contribution in [-0.2, 0) is 0 Å². The fourth-order valence-corrected chi connectivity index (χ4v) is 0.784. The van der Waals surface area contributed by atoms with E-state index in [4.69, 9.17) is 6.42 Å². The molecule has 0 aromatic rings. The van der Waals surface area contributed by atoms with E-state index in [1.165, 1.54) is 0 Å². The fraction of sp³-hybridized carbons (Fsp3) is 0.667. The molecule has 0 bridgehead atoms. The second-order valence-electron chi connectivity index (χ2n) is 3.42. The Labute approximate surface area is 81.5 Å². The van der Waals surface area contributed by atoms with Gasteiger partial charge in [0.1, 0.15) is 6.10 Å². The Morgan fingerprint density at radius 3 is 2.38 bits per heavy atom. The summed E-state index contributed by atoms with van der Waals surface area (Å²) in [5.74, 6) is 8.58. The number of rotatable bonds is 4. The molecule has 0 radical (unpaired) electrons. The van der Waals surface area contributed by atoms with Crippen LogP contribution < -0.4 is 0 Å². The van der Waals surface area contributed by atoms with Crippen molar-refractivity contribution in [3.8, 4) is 24.2 Å². The van der Waals surface area contributed by atoms with E-state index in [1.54, 1.807) is 0 Å². The van der Waals surface area contributed by atoms with E-state index in [2.05, 4.69) is 17.8 Å². The molecule has 0 aromatic heterocycles. The lowest BCUT2D eigenvalue weighted by atomic mass is 10.1. The van der Waals surface area contributed by atoms with Gasteiger partial charge < -0.3 is 5.11 Å². The summed E-state index contributed by atoms with van der Waals surface area (Å²) in [6.07, 6.45) is 8.35. The van der Waals surface area contributed by atoms with Gasteiger partial charge in [0.25, 0.3) is 0 Å². The first-order valence-corrected chi connectivity index (χ1v) is 4.78. The molecule has 0 spiro atoms. The second-order valence-corrected chi connectivity index (χ2v) is 3.42. The van der Waals surface area contributed by atoms with Gasteiger partial charge >= 0.3 is 0 Å². The average molecular weight is 178 g/mol. The molecular formula is C12H18O. The van der Waals surface area contributed by atoms with E-state index in [9.17, 15) is 5.11 Å². The van der Waals surface area contributed by atoms with Crippen molar-refractivity contribution in [2.75, 3.05) is 0 Å². The quantitative estimate of drug-likeness (QED) is 0.517. The number of aliphatic hydroxyl groups excluding tert-OH is 1. The molecule has 1 unspecified atom stereocenters. The highest BCUT2D eigenvalue weighted by molar-refractivity contribution is 5.05. The largest absolute Gasteiger partial charge is 0.380 e. The van der Waals surface area contributed by atoms with E-state index in [0.717, 1.165) is 25.7 Å². The van der Waals surface area contributed by atoms with Crippen molar-refractivity contribution in [1.29, 1.82) is 0 Å². The van der Waals surface area contributed by atoms with Crippen molar-refractivity contribution in [2.24, 2.45) is 5.92 Å². The van der Waals surface area contributed by atoms with Gasteiger partial charge in [-0.05, 0) is 18.8 Å². The molecule has 0 rings (SSSR count). The van der Waals surface area contributed by atoms with Gasteiger partial charge in [0.05, 0.1) is 0 Å². The van der Waals surface area contributed by atoms with Gasteiger partial charge in [0.15, 0.2) is 0 Å². The van der Waals surface area contributed by atoms with Crippen LogP contribution in [0.25, 0.3) is 0 Å². The molecule has 0 saturated carbocycles. The summed E-state index contributed by atoms with van der Waals surface area (Å²) >= 11 is 0. The van der Waals surface area contributed by atoms with Crippen molar-refractivity contribution >= 4 is 0 Å². The lowest BCUT2D eigenvalue weighted by Gasteiger charge is -2.05. The number of unbranched alkanes of at least 4 members (excludes halogenated alkanes) is 3. The maximum Gasteiger partial charge on any atom is 0.117 e. The van der Waals surface area contributed by atoms with E-state index in [-0.39, 0.29) is 5.92 Å². The van der Waals surface area contributed by atoms with Crippen LogP contribution in [0.3, 0.4) is 0 Å². The molecule has 1 heteroatoms. The van der Waals surface area contributed by atoms with Crippen LogP contribution in [0.15, 0.2) is 0 Å². The average Bonchev–Trinajstić information content (AvgIpc) is 2.10. The summed E-state index contributed by atoms with van der Waals surface area (Å²) in [4.78, 5) is 0. The molecule has 0 saturated heterocycles. The highest BCUT2D eigenvalue weighted by atomic mass is 16.3. The van der Waals surface area contributed by atoms with Crippen molar-refractivity contribution in [2.45, 2.75) is 45.6 Å². The molecule has 0 aliphatic rings. The highest BCUT2D eigenvalue weighted by Gasteiger charge is 2.02. The van der Waals surface area contributed by atoms with Gasteiger partial charge in [-0.25, -0.2) is 0 Å². The lowest BCUT2D eigenvalue weighted by molar-refractivity contribution is 0.181. The first-order chi connectivity index (χ1) is 6.18. The molecule has 0 aromatic carbocycles. The topological polar surface area (TPSA) is 20.2 Å². The van der Waals surface area contributed by atoms with Crippen LogP contribution in [0.4, 0.5) is 0 Å². The molecule has 1 nitrogen and oxygen atoms in total. The molecular weight excluding hydrogens is 160 g/mol. The Bertz CT molecular complexity index is 212.